The topological polar surface area (TPSA) is 101 Å². The number of rotatable bonds is 2. The summed E-state index contributed by atoms with van der Waals surface area (Å²) in [5.74, 6) is 0. The molecule has 0 saturated heterocycles. The van der Waals surface area contributed by atoms with Gasteiger partial charge in [-0.2, -0.15) is 0 Å². The largest absolute Gasteiger partial charge is 0.816 e. The van der Waals surface area contributed by atoms with Crippen molar-refractivity contribution in [3.05, 3.63) is 34.4 Å². The highest BCUT2D eigenvalue weighted by molar-refractivity contribution is 5.36. The van der Waals surface area contributed by atoms with Crippen LogP contribution in [0.5, 0.6) is 6.01 Å². The molecule has 0 aliphatic heterocycles. The van der Waals surface area contributed by atoms with Crippen LogP contribution >= 0.6 is 0 Å². The zero-order valence-corrected chi connectivity index (χ0v) is 10.8. The van der Waals surface area contributed by atoms with E-state index in [1.807, 2.05) is 20.8 Å². The Morgan fingerprint density at radius 3 is 2.26 bits per heavy atom. The maximum Gasteiger partial charge on any atom is 0.272 e. The van der Waals surface area contributed by atoms with Crippen LogP contribution in [0.4, 0.5) is 5.69 Å². The SMILES string of the molecule is CC(C)(C)n1nc([O-])[n+](-c2ccc([N+](=O)[O-])cc2)n1. The molecule has 0 unspecified atom stereocenters. The Morgan fingerprint density at radius 1 is 1.26 bits per heavy atom. The number of aromatic nitrogens is 4. The first-order valence-corrected chi connectivity index (χ1v) is 5.61. The van der Waals surface area contributed by atoms with E-state index in [9.17, 15) is 15.2 Å². The number of nitro benzene ring substituents is 1. The Labute approximate surface area is 109 Å². The molecule has 0 amide bonds. The van der Waals surface area contributed by atoms with Gasteiger partial charge in [-0.3, -0.25) is 10.1 Å². The zero-order valence-electron chi connectivity index (χ0n) is 10.8. The average Bonchev–Trinajstić information content (AvgIpc) is 2.71. The van der Waals surface area contributed by atoms with Gasteiger partial charge in [0, 0.05) is 12.1 Å². The molecule has 0 aliphatic carbocycles. The van der Waals surface area contributed by atoms with Gasteiger partial charge in [0.1, 0.15) is 11.2 Å². The summed E-state index contributed by atoms with van der Waals surface area (Å²) in [4.78, 5) is 11.4. The molecule has 2 rings (SSSR count). The third-order valence-corrected chi connectivity index (χ3v) is 2.44. The van der Waals surface area contributed by atoms with E-state index >= 15 is 0 Å². The van der Waals surface area contributed by atoms with Gasteiger partial charge >= 0.3 is 0 Å². The second-order valence-electron chi connectivity index (χ2n) is 5.02. The molecule has 0 N–H and O–H groups in total. The number of hydrogen-bond donors (Lipinski definition) is 0. The van der Waals surface area contributed by atoms with Crippen molar-refractivity contribution < 1.29 is 14.7 Å². The molecular formula is C11H13N5O3. The van der Waals surface area contributed by atoms with Crippen LogP contribution < -0.4 is 9.79 Å². The van der Waals surface area contributed by atoms with Crippen molar-refractivity contribution in [1.29, 1.82) is 0 Å². The van der Waals surface area contributed by atoms with Crippen molar-refractivity contribution in [3.8, 4) is 11.7 Å². The summed E-state index contributed by atoms with van der Waals surface area (Å²) in [5.41, 5.74) is -0.0170. The van der Waals surface area contributed by atoms with E-state index < -0.39 is 16.5 Å². The van der Waals surface area contributed by atoms with Crippen LogP contribution in [-0.2, 0) is 5.54 Å². The molecule has 0 aliphatic rings. The van der Waals surface area contributed by atoms with Crippen molar-refractivity contribution in [2.75, 3.05) is 0 Å². The summed E-state index contributed by atoms with van der Waals surface area (Å²) in [5, 5.41) is 30.2. The zero-order chi connectivity index (χ0) is 14.2. The van der Waals surface area contributed by atoms with Gasteiger partial charge in [0.05, 0.1) is 15.2 Å². The van der Waals surface area contributed by atoms with Gasteiger partial charge in [-0.25, -0.2) is 0 Å². The molecule has 19 heavy (non-hydrogen) atoms. The molecule has 0 saturated carbocycles. The lowest BCUT2D eigenvalue weighted by Gasteiger charge is -2.07. The summed E-state index contributed by atoms with van der Waals surface area (Å²) in [6, 6.07) is 5.03. The summed E-state index contributed by atoms with van der Waals surface area (Å²) in [6.07, 6.45) is 0. The van der Waals surface area contributed by atoms with Crippen LogP contribution in [0.3, 0.4) is 0 Å². The first-order chi connectivity index (χ1) is 8.79. The predicted molar refractivity (Wildman–Crippen MR) is 62.7 cm³/mol. The van der Waals surface area contributed by atoms with Crippen LogP contribution in [0.15, 0.2) is 24.3 Å². The minimum Gasteiger partial charge on any atom is -0.816 e. The van der Waals surface area contributed by atoms with Gasteiger partial charge in [-0.1, -0.05) is 0 Å². The van der Waals surface area contributed by atoms with E-state index in [4.69, 9.17) is 0 Å². The summed E-state index contributed by atoms with van der Waals surface area (Å²) in [6.45, 7) is 5.60. The highest BCUT2D eigenvalue weighted by atomic mass is 16.6. The Kier molecular flexibility index (Phi) is 2.93. The van der Waals surface area contributed by atoms with Crippen molar-refractivity contribution in [1.82, 2.24) is 15.1 Å². The number of non-ortho nitro benzene ring substituents is 1. The molecular weight excluding hydrogens is 250 g/mol. The van der Waals surface area contributed by atoms with Gasteiger partial charge in [0.2, 0.25) is 0 Å². The Morgan fingerprint density at radius 2 is 1.84 bits per heavy atom. The lowest BCUT2D eigenvalue weighted by Crippen LogP contribution is -2.38. The number of benzene rings is 1. The second kappa shape index (κ2) is 4.30. The van der Waals surface area contributed by atoms with Gasteiger partial charge in [-0.05, 0) is 37.7 Å². The van der Waals surface area contributed by atoms with Gasteiger partial charge in [0.25, 0.3) is 11.7 Å². The summed E-state index contributed by atoms with van der Waals surface area (Å²) < 4.78 is 1.11. The highest BCUT2D eigenvalue weighted by Crippen LogP contribution is 2.13. The smallest absolute Gasteiger partial charge is 0.272 e. The molecule has 1 aromatic heterocycles. The molecule has 1 heterocycles. The fraction of sp³-hybridized carbons (Fsp3) is 0.364. The number of tetrazole rings is 1. The standard InChI is InChI=1S/C11H13N5O3/c1-11(2,3)16-12-10(17)14(13-16)8-4-6-9(7-5-8)15(18)19/h4-7H,1-3H3. The average molecular weight is 263 g/mol. The Hall–Kier alpha value is -2.51. The molecule has 0 fully saturated rings. The molecule has 100 valence electrons. The molecule has 0 radical (unpaired) electrons. The molecule has 8 heteroatoms. The van der Waals surface area contributed by atoms with Gasteiger partial charge in [-0.15, -0.1) is 4.68 Å². The molecule has 8 nitrogen and oxygen atoms in total. The molecule has 1 aromatic carbocycles. The van der Waals surface area contributed by atoms with E-state index in [-0.39, 0.29) is 5.69 Å². The second-order valence-corrected chi connectivity index (χ2v) is 5.02. The van der Waals surface area contributed by atoms with Crippen molar-refractivity contribution in [2.45, 2.75) is 26.3 Å². The summed E-state index contributed by atoms with van der Waals surface area (Å²) >= 11 is 0. The molecule has 0 bridgehead atoms. The van der Waals surface area contributed by atoms with Crippen LogP contribution in [0.25, 0.3) is 5.69 Å². The van der Waals surface area contributed by atoms with E-state index in [1.54, 1.807) is 0 Å². The molecule has 0 spiro atoms. The maximum atomic E-state index is 11.7. The minimum absolute atomic E-state index is 0.0417. The third-order valence-electron chi connectivity index (χ3n) is 2.44. The van der Waals surface area contributed by atoms with Crippen molar-refractivity contribution >= 4 is 5.69 Å². The predicted octanol–water partition coefficient (Wildman–Crippen LogP) is 0.292. The number of hydrogen-bond acceptors (Lipinski definition) is 5. The van der Waals surface area contributed by atoms with Gasteiger partial charge in [0.15, 0.2) is 0 Å². The van der Waals surface area contributed by atoms with Crippen LogP contribution in [0.2, 0.25) is 0 Å². The Balaban J connectivity index is 2.42. The van der Waals surface area contributed by atoms with E-state index in [0.29, 0.717) is 5.69 Å². The van der Waals surface area contributed by atoms with Crippen LogP contribution in [0, 0.1) is 10.1 Å². The maximum absolute atomic E-state index is 11.7. The minimum atomic E-state index is -0.524. The molecule has 0 atom stereocenters. The van der Waals surface area contributed by atoms with E-state index in [2.05, 4.69) is 10.3 Å². The monoisotopic (exact) mass is 263 g/mol. The number of nitrogens with zero attached hydrogens (tertiary/aromatic N) is 5. The fourth-order valence-corrected chi connectivity index (χ4v) is 1.43. The third kappa shape index (κ3) is 2.51. The Bertz CT molecular complexity index is 612. The number of nitro groups is 1. The normalized spacial score (nSPS) is 11.5. The summed E-state index contributed by atoms with van der Waals surface area (Å²) in [7, 11) is 0. The van der Waals surface area contributed by atoms with Crippen molar-refractivity contribution in [3.63, 3.8) is 0 Å². The van der Waals surface area contributed by atoms with E-state index in [1.165, 1.54) is 29.1 Å². The van der Waals surface area contributed by atoms with E-state index in [0.717, 1.165) is 4.68 Å². The van der Waals surface area contributed by atoms with Crippen LogP contribution in [0.1, 0.15) is 20.8 Å². The fourth-order valence-electron chi connectivity index (χ4n) is 1.43. The quantitative estimate of drug-likeness (QED) is 0.440. The van der Waals surface area contributed by atoms with Crippen LogP contribution in [-0.4, -0.2) is 20.0 Å². The van der Waals surface area contributed by atoms with Gasteiger partial charge < -0.3 is 5.11 Å². The lowest BCUT2D eigenvalue weighted by molar-refractivity contribution is -0.705. The lowest BCUT2D eigenvalue weighted by atomic mass is 10.1. The first kappa shape index (κ1) is 12.9. The highest BCUT2D eigenvalue weighted by Gasteiger charge is 2.25. The van der Waals surface area contributed by atoms with Crippen molar-refractivity contribution in [2.24, 2.45) is 0 Å². The first-order valence-electron chi connectivity index (χ1n) is 5.61. The molecule has 2 aromatic rings.